The summed E-state index contributed by atoms with van der Waals surface area (Å²) in [6.45, 7) is 1.63. The largest absolute Gasteiger partial charge is 0.480 e. The van der Waals surface area contributed by atoms with Crippen molar-refractivity contribution in [1.29, 1.82) is 0 Å². The summed E-state index contributed by atoms with van der Waals surface area (Å²) < 4.78 is 10.5. The molecule has 0 aliphatic carbocycles. The van der Waals surface area contributed by atoms with Gasteiger partial charge in [-0.05, 0) is 25.7 Å². The van der Waals surface area contributed by atoms with Crippen molar-refractivity contribution >= 4 is 11.9 Å². The van der Waals surface area contributed by atoms with E-state index in [1.807, 2.05) is 0 Å². The van der Waals surface area contributed by atoms with Crippen LogP contribution in [0.25, 0.3) is 0 Å². The zero-order valence-electron chi connectivity index (χ0n) is 10.3. The summed E-state index contributed by atoms with van der Waals surface area (Å²) in [6.07, 6.45) is 2.63. The second-order valence-corrected chi connectivity index (χ2v) is 4.80. The molecule has 0 radical (unpaired) electrons. The van der Waals surface area contributed by atoms with E-state index in [9.17, 15) is 14.7 Å². The lowest BCUT2D eigenvalue weighted by Crippen LogP contribution is -2.51. The van der Waals surface area contributed by atoms with Crippen LogP contribution < -0.4 is 5.32 Å². The summed E-state index contributed by atoms with van der Waals surface area (Å²) in [7, 11) is 0. The molecular weight excluding hydrogens is 238 g/mol. The van der Waals surface area contributed by atoms with Crippen molar-refractivity contribution in [2.24, 2.45) is 5.92 Å². The Morgan fingerprint density at radius 2 is 2.00 bits per heavy atom. The second-order valence-electron chi connectivity index (χ2n) is 4.80. The van der Waals surface area contributed by atoms with Gasteiger partial charge >= 0.3 is 5.97 Å². The molecule has 2 aliphatic rings. The molecule has 2 aliphatic heterocycles. The van der Waals surface area contributed by atoms with Gasteiger partial charge in [0.05, 0.1) is 6.61 Å². The number of carboxylic acid groups (broad SMARTS) is 1. The van der Waals surface area contributed by atoms with E-state index in [1.165, 1.54) is 0 Å². The van der Waals surface area contributed by atoms with Crippen molar-refractivity contribution in [2.75, 3.05) is 19.8 Å². The molecule has 2 N–H and O–H groups in total. The standard InChI is InChI=1S/C12H19NO5/c14-11(9-4-2-6-18-9)13-10(12(15)16)8-3-1-5-17-7-8/h8-10H,1-7H2,(H,13,14)(H,15,16). The van der Waals surface area contributed by atoms with Gasteiger partial charge in [-0.15, -0.1) is 0 Å². The third-order valence-electron chi connectivity index (χ3n) is 3.45. The molecule has 6 heteroatoms. The van der Waals surface area contributed by atoms with Crippen molar-refractivity contribution in [3.63, 3.8) is 0 Å². The number of ether oxygens (including phenoxy) is 2. The van der Waals surface area contributed by atoms with Crippen LogP contribution >= 0.6 is 0 Å². The summed E-state index contributed by atoms with van der Waals surface area (Å²) in [5, 5.41) is 11.8. The smallest absolute Gasteiger partial charge is 0.326 e. The SMILES string of the molecule is O=C(NC(C(=O)O)C1CCCOC1)C1CCCO1. The molecule has 0 spiro atoms. The van der Waals surface area contributed by atoms with Gasteiger partial charge in [-0.3, -0.25) is 4.79 Å². The highest BCUT2D eigenvalue weighted by Gasteiger charge is 2.34. The van der Waals surface area contributed by atoms with Gasteiger partial charge in [0.1, 0.15) is 12.1 Å². The van der Waals surface area contributed by atoms with Gasteiger partial charge in [0.15, 0.2) is 0 Å². The van der Waals surface area contributed by atoms with Crippen LogP contribution in [0.15, 0.2) is 0 Å². The first-order chi connectivity index (χ1) is 8.68. The van der Waals surface area contributed by atoms with E-state index in [1.54, 1.807) is 0 Å². The first-order valence-electron chi connectivity index (χ1n) is 6.41. The Kier molecular flexibility index (Phi) is 4.54. The number of amides is 1. The van der Waals surface area contributed by atoms with Crippen molar-refractivity contribution < 1.29 is 24.2 Å². The third-order valence-corrected chi connectivity index (χ3v) is 3.45. The zero-order valence-corrected chi connectivity index (χ0v) is 10.3. The molecule has 3 atom stereocenters. The van der Waals surface area contributed by atoms with Crippen molar-refractivity contribution in [3.8, 4) is 0 Å². The van der Waals surface area contributed by atoms with Gasteiger partial charge in [0.2, 0.25) is 5.91 Å². The fourth-order valence-electron chi connectivity index (χ4n) is 2.44. The van der Waals surface area contributed by atoms with Crippen molar-refractivity contribution in [3.05, 3.63) is 0 Å². The predicted molar refractivity (Wildman–Crippen MR) is 62.1 cm³/mol. The first-order valence-corrected chi connectivity index (χ1v) is 6.41. The van der Waals surface area contributed by atoms with Crippen LogP contribution in [0, 0.1) is 5.92 Å². The van der Waals surface area contributed by atoms with Crippen LogP contribution in [0.1, 0.15) is 25.7 Å². The van der Waals surface area contributed by atoms with Crippen LogP contribution in [-0.2, 0) is 19.1 Å². The molecule has 2 saturated heterocycles. The molecule has 6 nitrogen and oxygen atoms in total. The highest BCUT2D eigenvalue weighted by molar-refractivity contribution is 5.86. The monoisotopic (exact) mass is 257 g/mol. The number of hydrogen-bond acceptors (Lipinski definition) is 4. The Morgan fingerprint density at radius 1 is 1.22 bits per heavy atom. The lowest BCUT2D eigenvalue weighted by molar-refractivity contribution is -0.146. The Bertz CT molecular complexity index is 308. The molecule has 1 amide bonds. The zero-order chi connectivity index (χ0) is 13.0. The highest BCUT2D eigenvalue weighted by atomic mass is 16.5. The third kappa shape index (κ3) is 3.20. The van der Waals surface area contributed by atoms with Gasteiger partial charge in [0, 0.05) is 19.1 Å². The Hall–Kier alpha value is -1.14. The fraction of sp³-hybridized carbons (Fsp3) is 0.833. The maximum Gasteiger partial charge on any atom is 0.326 e. The van der Waals surface area contributed by atoms with E-state index in [0.29, 0.717) is 26.2 Å². The average molecular weight is 257 g/mol. The summed E-state index contributed by atoms with van der Waals surface area (Å²) in [5.74, 6) is -1.47. The topological polar surface area (TPSA) is 84.9 Å². The molecule has 0 bridgehead atoms. The number of nitrogens with one attached hydrogen (secondary N) is 1. The van der Waals surface area contributed by atoms with E-state index in [-0.39, 0.29) is 11.8 Å². The minimum absolute atomic E-state index is 0.151. The minimum atomic E-state index is -1.00. The summed E-state index contributed by atoms with van der Waals surface area (Å²) in [4.78, 5) is 23.1. The summed E-state index contributed by atoms with van der Waals surface area (Å²) in [6, 6.07) is -0.873. The molecule has 18 heavy (non-hydrogen) atoms. The fourth-order valence-corrected chi connectivity index (χ4v) is 2.44. The second kappa shape index (κ2) is 6.15. The molecule has 2 heterocycles. The lowest BCUT2D eigenvalue weighted by Gasteiger charge is -2.28. The van der Waals surface area contributed by atoms with E-state index in [0.717, 1.165) is 19.3 Å². The Morgan fingerprint density at radius 3 is 2.56 bits per heavy atom. The molecule has 0 saturated carbocycles. The normalized spacial score (nSPS) is 29.8. The van der Waals surface area contributed by atoms with E-state index in [4.69, 9.17) is 9.47 Å². The number of rotatable bonds is 4. The molecule has 0 aromatic rings. The van der Waals surface area contributed by atoms with Crippen LogP contribution in [0.2, 0.25) is 0 Å². The van der Waals surface area contributed by atoms with E-state index in [2.05, 4.69) is 5.32 Å². The number of carbonyl (C=O) groups is 2. The van der Waals surface area contributed by atoms with E-state index >= 15 is 0 Å². The minimum Gasteiger partial charge on any atom is -0.480 e. The molecule has 102 valence electrons. The molecule has 0 aromatic carbocycles. The van der Waals surface area contributed by atoms with Gasteiger partial charge in [-0.1, -0.05) is 0 Å². The van der Waals surface area contributed by atoms with Crippen LogP contribution in [0.4, 0.5) is 0 Å². The first kappa shape index (κ1) is 13.3. The predicted octanol–water partition coefficient (Wildman–Crippen LogP) is 0.161. The maximum atomic E-state index is 11.9. The van der Waals surface area contributed by atoms with Gasteiger partial charge in [-0.25, -0.2) is 4.79 Å². The number of carbonyl (C=O) groups excluding carboxylic acids is 1. The molecule has 0 aromatic heterocycles. The van der Waals surface area contributed by atoms with E-state index < -0.39 is 18.1 Å². The average Bonchev–Trinajstić information content (AvgIpc) is 2.90. The van der Waals surface area contributed by atoms with Gasteiger partial charge in [-0.2, -0.15) is 0 Å². The van der Waals surface area contributed by atoms with Crippen molar-refractivity contribution in [1.82, 2.24) is 5.32 Å². The number of carboxylic acids is 1. The molecule has 2 fully saturated rings. The molecule has 3 unspecified atom stereocenters. The van der Waals surface area contributed by atoms with Gasteiger partial charge < -0.3 is 19.9 Å². The van der Waals surface area contributed by atoms with Crippen LogP contribution in [0.5, 0.6) is 0 Å². The van der Waals surface area contributed by atoms with Gasteiger partial charge in [0.25, 0.3) is 0 Å². The number of aliphatic carboxylic acids is 1. The lowest BCUT2D eigenvalue weighted by atomic mass is 9.93. The quantitative estimate of drug-likeness (QED) is 0.749. The molecular formula is C12H19NO5. The maximum absolute atomic E-state index is 11.9. The summed E-state index contributed by atoms with van der Waals surface area (Å²) >= 11 is 0. The highest BCUT2D eigenvalue weighted by Crippen LogP contribution is 2.19. The van der Waals surface area contributed by atoms with Crippen LogP contribution in [0.3, 0.4) is 0 Å². The molecule has 2 rings (SSSR count). The Labute approximate surface area is 106 Å². The van der Waals surface area contributed by atoms with Crippen molar-refractivity contribution in [2.45, 2.75) is 37.8 Å². The van der Waals surface area contributed by atoms with Crippen LogP contribution in [-0.4, -0.2) is 48.9 Å². The number of hydrogen-bond donors (Lipinski definition) is 2. The Balaban J connectivity index is 1.92. The summed E-state index contributed by atoms with van der Waals surface area (Å²) in [5.41, 5.74) is 0.